The van der Waals surface area contributed by atoms with Gasteiger partial charge in [-0.1, -0.05) is 23.7 Å². The number of fused-ring (bicyclic) bond motifs is 1. The van der Waals surface area contributed by atoms with Gasteiger partial charge in [0.05, 0.1) is 12.3 Å². The van der Waals surface area contributed by atoms with E-state index in [9.17, 15) is 4.79 Å². The van der Waals surface area contributed by atoms with Crippen LogP contribution in [0.1, 0.15) is 24.3 Å². The van der Waals surface area contributed by atoms with Crippen molar-refractivity contribution in [2.45, 2.75) is 20.0 Å². The van der Waals surface area contributed by atoms with Crippen molar-refractivity contribution in [2.24, 2.45) is 0 Å². The van der Waals surface area contributed by atoms with E-state index in [1.807, 2.05) is 48.2 Å². The van der Waals surface area contributed by atoms with Crippen LogP contribution in [0.3, 0.4) is 0 Å². The van der Waals surface area contributed by atoms with Crippen LogP contribution in [-0.2, 0) is 9.53 Å². The standard InChI is InChI=1S/C17H18ClN3O2/c1-3-23-15(22)10-21-14-9-4-11(2)19-16(14)20-17(21)12-5-7-13(18)8-6-12/h4-9,17H,3,10H2,1-2H3,(H,19,20). The van der Waals surface area contributed by atoms with Crippen LogP contribution in [0.5, 0.6) is 0 Å². The fourth-order valence-corrected chi connectivity index (χ4v) is 2.79. The maximum Gasteiger partial charge on any atom is 0.325 e. The lowest BCUT2D eigenvalue weighted by Crippen LogP contribution is -2.34. The maximum absolute atomic E-state index is 12.0. The van der Waals surface area contributed by atoms with Gasteiger partial charge in [-0.2, -0.15) is 0 Å². The summed E-state index contributed by atoms with van der Waals surface area (Å²) in [6, 6.07) is 11.5. The van der Waals surface area contributed by atoms with Crippen LogP contribution in [0.2, 0.25) is 5.02 Å². The number of carbonyl (C=O) groups excluding carboxylic acids is 1. The summed E-state index contributed by atoms with van der Waals surface area (Å²) in [5, 5.41) is 4.05. The van der Waals surface area contributed by atoms with Crippen molar-refractivity contribution < 1.29 is 9.53 Å². The highest BCUT2D eigenvalue weighted by atomic mass is 35.5. The zero-order valence-electron chi connectivity index (χ0n) is 13.0. The summed E-state index contributed by atoms with van der Waals surface area (Å²) in [6.07, 6.45) is -0.180. The number of carbonyl (C=O) groups is 1. The van der Waals surface area contributed by atoms with Gasteiger partial charge in [0, 0.05) is 10.7 Å². The summed E-state index contributed by atoms with van der Waals surface area (Å²) in [4.78, 5) is 18.5. The zero-order valence-corrected chi connectivity index (χ0v) is 13.8. The molecule has 0 saturated carbocycles. The van der Waals surface area contributed by atoms with Gasteiger partial charge in [-0.05, 0) is 43.7 Å². The average Bonchev–Trinajstić information content (AvgIpc) is 2.86. The first-order valence-electron chi connectivity index (χ1n) is 7.50. The molecular formula is C17H18ClN3O2. The Morgan fingerprint density at radius 1 is 1.30 bits per heavy atom. The number of esters is 1. The van der Waals surface area contributed by atoms with Gasteiger partial charge in [-0.25, -0.2) is 4.98 Å². The van der Waals surface area contributed by atoms with Crippen molar-refractivity contribution >= 4 is 29.1 Å². The molecule has 6 heteroatoms. The van der Waals surface area contributed by atoms with Gasteiger partial charge in [0.25, 0.3) is 0 Å². The van der Waals surface area contributed by atoms with E-state index in [2.05, 4.69) is 10.3 Å². The van der Waals surface area contributed by atoms with E-state index in [1.54, 1.807) is 6.92 Å². The minimum atomic E-state index is -0.262. The van der Waals surface area contributed by atoms with E-state index in [0.717, 1.165) is 22.8 Å². The van der Waals surface area contributed by atoms with Gasteiger partial charge in [0.15, 0.2) is 5.82 Å². The Morgan fingerprint density at radius 3 is 2.74 bits per heavy atom. The lowest BCUT2D eigenvalue weighted by Gasteiger charge is -2.26. The third-order valence-electron chi connectivity index (χ3n) is 3.70. The first-order valence-corrected chi connectivity index (χ1v) is 7.88. The number of benzene rings is 1. The van der Waals surface area contributed by atoms with E-state index in [-0.39, 0.29) is 18.7 Å². The summed E-state index contributed by atoms with van der Waals surface area (Å²) < 4.78 is 5.10. The lowest BCUT2D eigenvalue weighted by molar-refractivity contribution is -0.141. The predicted molar refractivity (Wildman–Crippen MR) is 90.8 cm³/mol. The molecule has 1 aromatic heterocycles. The van der Waals surface area contributed by atoms with Gasteiger partial charge < -0.3 is 15.0 Å². The normalized spacial score (nSPS) is 16.0. The minimum Gasteiger partial charge on any atom is -0.465 e. The molecule has 23 heavy (non-hydrogen) atoms. The van der Waals surface area contributed by atoms with E-state index >= 15 is 0 Å². The molecule has 1 aromatic carbocycles. The van der Waals surface area contributed by atoms with Gasteiger partial charge >= 0.3 is 5.97 Å². The number of pyridine rings is 1. The zero-order chi connectivity index (χ0) is 16.4. The van der Waals surface area contributed by atoms with Crippen LogP contribution in [0, 0.1) is 6.92 Å². The number of rotatable bonds is 4. The number of aryl methyl sites for hydroxylation is 1. The van der Waals surface area contributed by atoms with Crippen LogP contribution in [0.4, 0.5) is 11.5 Å². The SMILES string of the molecule is CCOC(=O)CN1c2ccc(C)nc2NC1c1ccc(Cl)cc1. The monoisotopic (exact) mass is 331 g/mol. The Kier molecular flexibility index (Phi) is 4.39. The van der Waals surface area contributed by atoms with Crippen molar-refractivity contribution in [3.63, 3.8) is 0 Å². The molecule has 1 atom stereocenters. The number of ether oxygens (including phenoxy) is 1. The number of halogens is 1. The molecule has 0 saturated heterocycles. The Balaban J connectivity index is 1.94. The number of nitrogens with zero attached hydrogens (tertiary/aromatic N) is 2. The fourth-order valence-electron chi connectivity index (χ4n) is 2.66. The van der Waals surface area contributed by atoms with Gasteiger partial charge in [-0.3, -0.25) is 4.79 Å². The molecule has 5 nitrogen and oxygen atoms in total. The van der Waals surface area contributed by atoms with Gasteiger partial charge in [0.1, 0.15) is 12.7 Å². The number of anilines is 2. The summed E-state index contributed by atoms with van der Waals surface area (Å²) in [7, 11) is 0. The smallest absolute Gasteiger partial charge is 0.325 e. The van der Waals surface area contributed by atoms with Gasteiger partial charge in [0.2, 0.25) is 0 Å². The Hall–Kier alpha value is -2.27. The van der Waals surface area contributed by atoms with Crippen LogP contribution < -0.4 is 10.2 Å². The molecule has 1 unspecified atom stereocenters. The Labute approximate surface area is 140 Å². The summed E-state index contributed by atoms with van der Waals surface area (Å²) in [5.41, 5.74) is 2.82. The highest BCUT2D eigenvalue weighted by Crippen LogP contribution is 2.39. The van der Waals surface area contributed by atoms with Crippen molar-refractivity contribution in [1.29, 1.82) is 0 Å². The quantitative estimate of drug-likeness (QED) is 0.868. The lowest BCUT2D eigenvalue weighted by atomic mass is 10.1. The number of hydrogen-bond donors (Lipinski definition) is 1. The van der Waals surface area contributed by atoms with Crippen LogP contribution in [0.15, 0.2) is 36.4 Å². The summed E-state index contributed by atoms with van der Waals surface area (Å²) >= 11 is 5.97. The first kappa shape index (κ1) is 15.6. The van der Waals surface area contributed by atoms with Crippen LogP contribution in [-0.4, -0.2) is 24.1 Å². The second-order valence-corrected chi connectivity index (χ2v) is 5.79. The van der Waals surface area contributed by atoms with Crippen LogP contribution in [0.25, 0.3) is 0 Å². The van der Waals surface area contributed by atoms with Crippen LogP contribution >= 0.6 is 11.6 Å². The first-order chi connectivity index (χ1) is 11.1. The molecule has 0 bridgehead atoms. The largest absolute Gasteiger partial charge is 0.465 e. The van der Waals surface area contributed by atoms with Crippen molar-refractivity contribution in [1.82, 2.24) is 4.98 Å². The second-order valence-electron chi connectivity index (χ2n) is 5.35. The highest BCUT2D eigenvalue weighted by Gasteiger charge is 2.32. The Morgan fingerprint density at radius 2 is 2.04 bits per heavy atom. The molecule has 0 fully saturated rings. The number of aromatic nitrogens is 1. The van der Waals surface area contributed by atoms with E-state index in [4.69, 9.17) is 16.3 Å². The van der Waals surface area contributed by atoms with E-state index in [1.165, 1.54) is 0 Å². The number of hydrogen-bond acceptors (Lipinski definition) is 5. The molecule has 0 radical (unpaired) electrons. The Bertz CT molecular complexity index is 718. The van der Waals surface area contributed by atoms with Gasteiger partial charge in [-0.15, -0.1) is 0 Å². The molecule has 1 N–H and O–H groups in total. The molecule has 1 aliphatic heterocycles. The van der Waals surface area contributed by atoms with Crippen molar-refractivity contribution in [3.8, 4) is 0 Å². The molecule has 0 spiro atoms. The topological polar surface area (TPSA) is 54.5 Å². The van der Waals surface area contributed by atoms with Crippen molar-refractivity contribution in [2.75, 3.05) is 23.4 Å². The fraction of sp³-hybridized carbons (Fsp3) is 0.294. The second kappa shape index (κ2) is 6.46. The third kappa shape index (κ3) is 3.24. The molecular weight excluding hydrogens is 314 g/mol. The molecule has 0 amide bonds. The summed E-state index contributed by atoms with van der Waals surface area (Å²) in [5.74, 6) is 0.510. The average molecular weight is 332 g/mol. The molecule has 2 heterocycles. The highest BCUT2D eigenvalue weighted by molar-refractivity contribution is 6.30. The maximum atomic E-state index is 12.0. The molecule has 2 aromatic rings. The number of nitrogens with one attached hydrogen (secondary N) is 1. The summed E-state index contributed by atoms with van der Waals surface area (Å²) in [6.45, 7) is 4.26. The predicted octanol–water partition coefficient (Wildman–Crippen LogP) is 3.54. The van der Waals surface area contributed by atoms with E-state index in [0.29, 0.717) is 11.6 Å². The van der Waals surface area contributed by atoms with E-state index < -0.39 is 0 Å². The minimum absolute atomic E-state index is 0.159. The molecule has 1 aliphatic rings. The molecule has 3 rings (SSSR count). The molecule has 0 aliphatic carbocycles. The molecule has 120 valence electrons. The third-order valence-corrected chi connectivity index (χ3v) is 3.95. The van der Waals surface area contributed by atoms with Crippen molar-refractivity contribution in [3.05, 3.63) is 52.7 Å².